The smallest absolute Gasteiger partial charge is 0.230 e. The van der Waals surface area contributed by atoms with Gasteiger partial charge in [0.25, 0.3) is 0 Å². The third-order valence-corrected chi connectivity index (χ3v) is 5.09. The van der Waals surface area contributed by atoms with Crippen LogP contribution in [0.5, 0.6) is 23.1 Å². The molecule has 1 N–H and O–H groups in total. The maximum Gasteiger partial charge on any atom is 0.230 e. The van der Waals surface area contributed by atoms with E-state index < -0.39 is 0 Å². The SMILES string of the molecule is COc1ccccc1OCc1cc(C)c(Oc2ccnc(Nc3ccc(C#N)cc3)n2)c(C)c1. The molecule has 0 unspecified atom stereocenters. The van der Waals surface area contributed by atoms with Crippen LogP contribution < -0.4 is 19.5 Å². The molecule has 0 saturated heterocycles. The predicted octanol–water partition coefficient (Wildman–Crippen LogP) is 6.09. The number of para-hydroxylation sites is 2. The Morgan fingerprint density at radius 1 is 0.941 bits per heavy atom. The molecule has 0 radical (unpaired) electrons. The molecule has 0 saturated carbocycles. The second-order valence-electron chi connectivity index (χ2n) is 7.63. The van der Waals surface area contributed by atoms with Gasteiger partial charge in [0.05, 0.1) is 18.7 Å². The first-order valence-corrected chi connectivity index (χ1v) is 10.7. The number of methoxy groups -OCH3 is 1. The number of benzene rings is 3. The minimum absolute atomic E-state index is 0.402. The van der Waals surface area contributed by atoms with Crippen molar-refractivity contribution in [1.29, 1.82) is 5.26 Å². The molecule has 7 heteroatoms. The number of rotatable bonds is 8. The van der Waals surface area contributed by atoms with Crippen molar-refractivity contribution in [3.8, 4) is 29.2 Å². The number of aromatic nitrogens is 2. The van der Waals surface area contributed by atoms with Gasteiger partial charge >= 0.3 is 0 Å². The summed E-state index contributed by atoms with van der Waals surface area (Å²) in [7, 11) is 1.63. The minimum Gasteiger partial charge on any atom is -0.493 e. The highest BCUT2D eigenvalue weighted by molar-refractivity contribution is 5.55. The fourth-order valence-corrected chi connectivity index (χ4v) is 3.50. The van der Waals surface area contributed by atoms with Gasteiger partial charge in [-0.1, -0.05) is 12.1 Å². The molecule has 170 valence electrons. The van der Waals surface area contributed by atoms with E-state index in [0.29, 0.717) is 35.5 Å². The molecule has 4 aromatic rings. The minimum atomic E-state index is 0.402. The molecule has 3 aromatic carbocycles. The monoisotopic (exact) mass is 452 g/mol. The van der Waals surface area contributed by atoms with Crippen molar-refractivity contribution < 1.29 is 14.2 Å². The summed E-state index contributed by atoms with van der Waals surface area (Å²) in [6.07, 6.45) is 1.63. The van der Waals surface area contributed by atoms with Crippen LogP contribution in [0.4, 0.5) is 11.6 Å². The number of hydrogen-bond acceptors (Lipinski definition) is 7. The van der Waals surface area contributed by atoms with Gasteiger partial charge in [-0.25, -0.2) is 4.98 Å². The lowest BCUT2D eigenvalue weighted by Gasteiger charge is -2.15. The van der Waals surface area contributed by atoms with Crippen molar-refractivity contribution in [2.24, 2.45) is 0 Å². The van der Waals surface area contributed by atoms with Crippen LogP contribution in [0.15, 0.2) is 72.9 Å². The summed E-state index contributed by atoms with van der Waals surface area (Å²) in [6.45, 7) is 4.40. The van der Waals surface area contributed by atoms with E-state index in [1.54, 1.807) is 43.6 Å². The Morgan fingerprint density at radius 2 is 1.65 bits per heavy atom. The fraction of sp³-hybridized carbons (Fsp3) is 0.148. The lowest BCUT2D eigenvalue weighted by Crippen LogP contribution is -2.01. The average molecular weight is 453 g/mol. The summed E-state index contributed by atoms with van der Waals surface area (Å²) in [5.74, 6) is 2.97. The molecule has 7 nitrogen and oxygen atoms in total. The van der Waals surface area contributed by atoms with Gasteiger partial charge in [0.1, 0.15) is 12.4 Å². The topological polar surface area (TPSA) is 89.3 Å². The van der Waals surface area contributed by atoms with Crippen LogP contribution in [0.2, 0.25) is 0 Å². The quantitative estimate of drug-likeness (QED) is 0.346. The Morgan fingerprint density at radius 3 is 2.32 bits per heavy atom. The Kier molecular flexibility index (Phi) is 6.89. The predicted molar refractivity (Wildman–Crippen MR) is 130 cm³/mol. The Bertz CT molecular complexity index is 1310. The van der Waals surface area contributed by atoms with E-state index in [4.69, 9.17) is 19.5 Å². The van der Waals surface area contributed by atoms with Gasteiger partial charge in [-0.3, -0.25) is 0 Å². The van der Waals surface area contributed by atoms with E-state index in [2.05, 4.69) is 21.4 Å². The summed E-state index contributed by atoms with van der Waals surface area (Å²) in [5.41, 5.74) is 4.34. The van der Waals surface area contributed by atoms with Crippen LogP contribution in [0.25, 0.3) is 0 Å². The van der Waals surface area contributed by atoms with E-state index in [9.17, 15) is 0 Å². The van der Waals surface area contributed by atoms with E-state index in [1.165, 1.54) is 0 Å². The molecule has 0 aliphatic heterocycles. The van der Waals surface area contributed by atoms with Crippen molar-refractivity contribution >= 4 is 11.6 Å². The van der Waals surface area contributed by atoms with E-state index >= 15 is 0 Å². The summed E-state index contributed by atoms with van der Waals surface area (Å²) < 4.78 is 17.4. The molecule has 4 rings (SSSR count). The highest BCUT2D eigenvalue weighted by atomic mass is 16.5. The second-order valence-corrected chi connectivity index (χ2v) is 7.63. The van der Waals surface area contributed by atoms with E-state index in [1.807, 2.05) is 50.2 Å². The van der Waals surface area contributed by atoms with Crippen LogP contribution in [-0.4, -0.2) is 17.1 Å². The van der Waals surface area contributed by atoms with Crippen LogP contribution in [0.3, 0.4) is 0 Å². The molecular weight excluding hydrogens is 428 g/mol. The van der Waals surface area contributed by atoms with Crippen molar-refractivity contribution in [2.75, 3.05) is 12.4 Å². The molecule has 0 spiro atoms. The van der Waals surface area contributed by atoms with Gasteiger partial charge in [-0.05, 0) is 79.1 Å². The maximum absolute atomic E-state index is 8.94. The zero-order valence-corrected chi connectivity index (χ0v) is 19.2. The largest absolute Gasteiger partial charge is 0.493 e. The van der Waals surface area contributed by atoms with Crippen molar-refractivity contribution in [2.45, 2.75) is 20.5 Å². The van der Waals surface area contributed by atoms with Crippen LogP contribution in [0, 0.1) is 25.2 Å². The van der Waals surface area contributed by atoms with E-state index in [-0.39, 0.29) is 0 Å². The van der Waals surface area contributed by atoms with Crippen LogP contribution in [-0.2, 0) is 6.61 Å². The van der Waals surface area contributed by atoms with Gasteiger partial charge in [0, 0.05) is 18.0 Å². The van der Waals surface area contributed by atoms with Gasteiger partial charge in [0.2, 0.25) is 11.8 Å². The third-order valence-electron chi connectivity index (χ3n) is 5.09. The normalized spacial score (nSPS) is 10.3. The maximum atomic E-state index is 8.94. The molecule has 0 aliphatic carbocycles. The number of hydrogen-bond donors (Lipinski definition) is 1. The van der Waals surface area contributed by atoms with Crippen LogP contribution in [0.1, 0.15) is 22.3 Å². The molecule has 0 bridgehead atoms. The summed E-state index contributed by atoms with van der Waals surface area (Å²) in [5, 5.41) is 12.1. The number of nitriles is 1. The Labute approximate surface area is 198 Å². The molecule has 1 aromatic heterocycles. The second kappa shape index (κ2) is 10.4. The number of ether oxygens (including phenoxy) is 3. The molecule has 0 atom stereocenters. The number of anilines is 2. The van der Waals surface area contributed by atoms with Gasteiger partial charge in [0.15, 0.2) is 11.5 Å². The number of nitrogens with one attached hydrogen (secondary N) is 1. The number of aryl methyl sites for hydroxylation is 2. The lowest BCUT2D eigenvalue weighted by atomic mass is 10.1. The zero-order chi connectivity index (χ0) is 23.9. The summed E-state index contributed by atoms with van der Waals surface area (Å²) >= 11 is 0. The molecule has 34 heavy (non-hydrogen) atoms. The van der Waals surface area contributed by atoms with Gasteiger partial charge in [-0.2, -0.15) is 10.2 Å². The van der Waals surface area contributed by atoms with Gasteiger partial charge < -0.3 is 19.5 Å². The van der Waals surface area contributed by atoms with Gasteiger partial charge in [-0.15, -0.1) is 0 Å². The van der Waals surface area contributed by atoms with Crippen molar-refractivity contribution in [1.82, 2.24) is 9.97 Å². The first-order valence-electron chi connectivity index (χ1n) is 10.7. The molecular formula is C27H24N4O3. The first kappa shape index (κ1) is 22.6. The lowest BCUT2D eigenvalue weighted by molar-refractivity contribution is 0.284. The molecule has 0 aliphatic rings. The molecule has 1 heterocycles. The standard InChI is InChI=1S/C27H24N4O3/c1-18-14-21(17-33-24-7-5-4-6-23(24)32-3)15-19(2)26(18)34-25-12-13-29-27(31-25)30-22-10-8-20(16-28)9-11-22/h4-15H,17H2,1-3H3,(H,29,30,31). The highest BCUT2D eigenvalue weighted by Gasteiger charge is 2.11. The summed E-state index contributed by atoms with van der Waals surface area (Å²) in [4.78, 5) is 8.71. The third kappa shape index (κ3) is 5.43. The Hall–Kier alpha value is -4.57. The molecule has 0 amide bonds. The van der Waals surface area contributed by atoms with Crippen molar-refractivity contribution in [3.05, 3.63) is 95.2 Å². The highest BCUT2D eigenvalue weighted by Crippen LogP contribution is 2.31. The van der Waals surface area contributed by atoms with Crippen LogP contribution >= 0.6 is 0 Å². The zero-order valence-electron chi connectivity index (χ0n) is 19.2. The first-order chi connectivity index (χ1) is 16.6. The fourth-order valence-electron chi connectivity index (χ4n) is 3.50. The number of nitrogens with zero attached hydrogens (tertiary/aromatic N) is 3. The van der Waals surface area contributed by atoms with Crippen molar-refractivity contribution in [3.63, 3.8) is 0 Å². The summed E-state index contributed by atoms with van der Waals surface area (Å²) in [6, 6.07) is 22.5. The Balaban J connectivity index is 1.46. The average Bonchev–Trinajstić information content (AvgIpc) is 2.86. The van der Waals surface area contributed by atoms with E-state index in [0.717, 1.165) is 28.1 Å². The molecule has 0 fully saturated rings.